The normalized spacial score (nSPS) is 20.6. The van der Waals surface area contributed by atoms with Crippen molar-refractivity contribution in [1.82, 2.24) is 4.90 Å². The van der Waals surface area contributed by atoms with Gasteiger partial charge in [0.2, 0.25) is 18.6 Å². The Bertz CT molecular complexity index is 590. The van der Waals surface area contributed by atoms with Crippen molar-refractivity contribution < 1.29 is 19.1 Å². The molecule has 22 heavy (non-hydrogen) atoms. The second-order valence-electron chi connectivity index (χ2n) is 5.59. The molecule has 2 heterocycles. The highest BCUT2D eigenvalue weighted by Gasteiger charge is 2.25. The maximum Gasteiger partial charge on any atom is 0.238 e. The number of nitrogens with two attached hydrogens (primary N) is 1. The Morgan fingerprint density at radius 3 is 2.95 bits per heavy atom. The Morgan fingerprint density at radius 2 is 2.14 bits per heavy atom. The number of hydrogen-bond acceptors (Lipinski definition) is 5. The number of nitrogens with zero attached hydrogens (tertiary/aromatic N) is 1. The molecule has 1 atom stereocenters. The first-order valence-corrected chi connectivity index (χ1v) is 7.33. The topological polar surface area (TPSA) is 93.9 Å². The number of hydrogen-bond donors (Lipinski definition) is 2. The number of carbonyl (C=O) groups is 2. The van der Waals surface area contributed by atoms with Gasteiger partial charge >= 0.3 is 0 Å². The molecule has 0 aromatic heterocycles. The van der Waals surface area contributed by atoms with E-state index >= 15 is 0 Å². The number of anilines is 1. The van der Waals surface area contributed by atoms with Gasteiger partial charge in [0.05, 0.1) is 12.5 Å². The molecule has 7 nitrogen and oxygen atoms in total. The van der Waals surface area contributed by atoms with Crippen molar-refractivity contribution in [2.24, 2.45) is 11.7 Å². The van der Waals surface area contributed by atoms with Crippen LogP contribution in [-0.4, -0.2) is 43.1 Å². The molecule has 0 saturated carbocycles. The van der Waals surface area contributed by atoms with E-state index in [0.717, 1.165) is 19.4 Å². The van der Waals surface area contributed by atoms with Crippen LogP contribution in [-0.2, 0) is 9.59 Å². The number of ether oxygens (including phenoxy) is 2. The molecule has 0 aliphatic carbocycles. The molecule has 0 radical (unpaired) electrons. The van der Waals surface area contributed by atoms with Gasteiger partial charge in [0.25, 0.3) is 0 Å². The molecular weight excluding hydrogens is 286 g/mol. The minimum Gasteiger partial charge on any atom is -0.454 e. The number of carbonyl (C=O) groups excluding carboxylic acids is 2. The van der Waals surface area contributed by atoms with Gasteiger partial charge in [-0.05, 0) is 31.5 Å². The zero-order valence-corrected chi connectivity index (χ0v) is 12.2. The first-order valence-electron chi connectivity index (χ1n) is 7.33. The van der Waals surface area contributed by atoms with Crippen LogP contribution in [0.25, 0.3) is 0 Å². The van der Waals surface area contributed by atoms with E-state index in [0.29, 0.717) is 23.7 Å². The summed E-state index contributed by atoms with van der Waals surface area (Å²) < 4.78 is 10.5. The van der Waals surface area contributed by atoms with Gasteiger partial charge in [-0.25, -0.2) is 0 Å². The number of benzene rings is 1. The van der Waals surface area contributed by atoms with Crippen LogP contribution in [0.5, 0.6) is 11.5 Å². The van der Waals surface area contributed by atoms with Gasteiger partial charge in [0.1, 0.15) is 0 Å². The van der Waals surface area contributed by atoms with E-state index in [4.69, 9.17) is 15.2 Å². The smallest absolute Gasteiger partial charge is 0.238 e. The third kappa shape index (κ3) is 3.30. The fourth-order valence-electron chi connectivity index (χ4n) is 2.81. The third-order valence-corrected chi connectivity index (χ3v) is 3.93. The van der Waals surface area contributed by atoms with Gasteiger partial charge in [0, 0.05) is 18.3 Å². The van der Waals surface area contributed by atoms with Crippen LogP contribution in [0.3, 0.4) is 0 Å². The number of amides is 2. The van der Waals surface area contributed by atoms with Gasteiger partial charge in [-0.1, -0.05) is 0 Å². The molecule has 2 aliphatic heterocycles. The zero-order chi connectivity index (χ0) is 15.5. The molecule has 7 heteroatoms. The van der Waals surface area contributed by atoms with Crippen LogP contribution in [0.15, 0.2) is 18.2 Å². The van der Waals surface area contributed by atoms with Crippen molar-refractivity contribution in [3.8, 4) is 11.5 Å². The largest absolute Gasteiger partial charge is 0.454 e. The first kappa shape index (κ1) is 14.6. The summed E-state index contributed by atoms with van der Waals surface area (Å²) in [7, 11) is 0. The average Bonchev–Trinajstić information content (AvgIpc) is 2.95. The standard InChI is InChI=1S/C15H19N3O4/c16-15(20)10-2-1-5-18(7-10)8-14(19)17-11-3-4-12-13(6-11)22-9-21-12/h3-4,6,10H,1-2,5,7-9H2,(H2,16,20)(H,17,19)/t10-/m0/s1. The molecule has 1 aromatic carbocycles. The Morgan fingerprint density at radius 1 is 1.32 bits per heavy atom. The first-order chi connectivity index (χ1) is 10.6. The zero-order valence-electron chi connectivity index (χ0n) is 12.2. The highest BCUT2D eigenvalue weighted by molar-refractivity contribution is 5.92. The lowest BCUT2D eigenvalue weighted by Gasteiger charge is -2.30. The molecule has 2 aliphatic rings. The monoisotopic (exact) mass is 305 g/mol. The van der Waals surface area contributed by atoms with Crippen LogP contribution in [0, 0.1) is 5.92 Å². The molecular formula is C15H19N3O4. The molecule has 1 fully saturated rings. The van der Waals surface area contributed by atoms with Crippen LogP contribution in [0.1, 0.15) is 12.8 Å². The number of piperidine rings is 1. The number of primary amides is 1. The molecule has 1 aromatic rings. The number of likely N-dealkylation sites (tertiary alicyclic amines) is 1. The Kier molecular flexibility index (Phi) is 4.15. The summed E-state index contributed by atoms with van der Waals surface area (Å²) in [5.74, 6) is 0.736. The lowest BCUT2D eigenvalue weighted by molar-refractivity contribution is -0.125. The highest BCUT2D eigenvalue weighted by atomic mass is 16.7. The number of rotatable bonds is 4. The lowest BCUT2D eigenvalue weighted by Crippen LogP contribution is -2.44. The Balaban J connectivity index is 1.55. The van der Waals surface area contributed by atoms with Crippen LogP contribution >= 0.6 is 0 Å². The maximum atomic E-state index is 12.1. The molecule has 0 spiro atoms. The van der Waals surface area contributed by atoms with E-state index in [-0.39, 0.29) is 31.1 Å². The summed E-state index contributed by atoms with van der Waals surface area (Å²) >= 11 is 0. The van der Waals surface area contributed by atoms with Gasteiger partial charge in [-0.15, -0.1) is 0 Å². The fourth-order valence-corrected chi connectivity index (χ4v) is 2.81. The minimum absolute atomic E-state index is 0.121. The van der Waals surface area contributed by atoms with E-state index < -0.39 is 0 Å². The van der Waals surface area contributed by atoms with Gasteiger partial charge in [0.15, 0.2) is 11.5 Å². The fraction of sp³-hybridized carbons (Fsp3) is 0.467. The maximum absolute atomic E-state index is 12.1. The average molecular weight is 305 g/mol. The van der Waals surface area contributed by atoms with Crippen LogP contribution in [0.2, 0.25) is 0 Å². The summed E-state index contributed by atoms with van der Waals surface area (Å²) in [4.78, 5) is 25.3. The number of fused-ring (bicyclic) bond motifs is 1. The van der Waals surface area contributed by atoms with E-state index in [1.807, 2.05) is 4.90 Å². The molecule has 3 N–H and O–H groups in total. The van der Waals surface area contributed by atoms with Crippen LogP contribution in [0.4, 0.5) is 5.69 Å². The van der Waals surface area contributed by atoms with Crippen molar-refractivity contribution in [2.75, 3.05) is 31.7 Å². The van der Waals surface area contributed by atoms with Gasteiger partial charge in [-0.3, -0.25) is 14.5 Å². The van der Waals surface area contributed by atoms with Crippen molar-refractivity contribution in [3.05, 3.63) is 18.2 Å². The second kappa shape index (κ2) is 6.23. The van der Waals surface area contributed by atoms with E-state index in [9.17, 15) is 9.59 Å². The van der Waals surface area contributed by atoms with E-state index in [1.54, 1.807) is 18.2 Å². The molecule has 118 valence electrons. The van der Waals surface area contributed by atoms with Crippen molar-refractivity contribution in [1.29, 1.82) is 0 Å². The Hall–Kier alpha value is -2.28. The third-order valence-electron chi connectivity index (χ3n) is 3.93. The van der Waals surface area contributed by atoms with Crippen molar-refractivity contribution in [2.45, 2.75) is 12.8 Å². The highest BCUT2D eigenvalue weighted by Crippen LogP contribution is 2.34. The summed E-state index contributed by atoms with van der Waals surface area (Å²) in [6.07, 6.45) is 1.68. The Labute approximate surface area is 128 Å². The SMILES string of the molecule is NC(=O)[C@H]1CCCN(CC(=O)Nc2ccc3c(c2)OCO3)C1. The lowest BCUT2D eigenvalue weighted by atomic mass is 9.97. The molecule has 3 rings (SSSR count). The summed E-state index contributed by atoms with van der Waals surface area (Å²) in [5.41, 5.74) is 6.01. The minimum atomic E-state index is -0.291. The predicted octanol–water partition coefficient (Wildman–Crippen LogP) is 0.551. The summed E-state index contributed by atoms with van der Waals surface area (Å²) in [6.45, 7) is 1.80. The predicted molar refractivity (Wildman–Crippen MR) is 79.6 cm³/mol. The van der Waals surface area contributed by atoms with E-state index in [1.165, 1.54) is 0 Å². The van der Waals surface area contributed by atoms with Gasteiger partial charge < -0.3 is 20.5 Å². The molecule has 1 saturated heterocycles. The second-order valence-corrected chi connectivity index (χ2v) is 5.59. The quantitative estimate of drug-likeness (QED) is 0.847. The summed E-state index contributed by atoms with van der Waals surface area (Å²) in [5, 5.41) is 2.83. The molecule has 2 amide bonds. The van der Waals surface area contributed by atoms with Crippen LogP contribution < -0.4 is 20.5 Å². The number of nitrogens with one attached hydrogen (secondary N) is 1. The van der Waals surface area contributed by atoms with Crippen molar-refractivity contribution >= 4 is 17.5 Å². The van der Waals surface area contributed by atoms with E-state index in [2.05, 4.69) is 5.32 Å². The van der Waals surface area contributed by atoms with Gasteiger partial charge in [-0.2, -0.15) is 0 Å². The van der Waals surface area contributed by atoms with Crippen molar-refractivity contribution in [3.63, 3.8) is 0 Å². The summed E-state index contributed by atoms with van der Waals surface area (Å²) in [6, 6.07) is 5.28. The molecule has 0 bridgehead atoms. The molecule has 0 unspecified atom stereocenters.